The van der Waals surface area contributed by atoms with Crippen molar-refractivity contribution >= 4 is 0 Å². The van der Waals surface area contributed by atoms with Crippen LogP contribution in [0.1, 0.15) is 32.0 Å². The van der Waals surface area contributed by atoms with E-state index in [1.807, 2.05) is 0 Å². The standard InChI is InChI=1S/C10H18N4O/c1-2-5-14-8-12-13-9(14)10(11)3-6-15-7-4-10/h8H,2-7,11H2,1H3. The van der Waals surface area contributed by atoms with E-state index in [0.717, 1.165) is 44.8 Å². The lowest BCUT2D eigenvalue weighted by Crippen LogP contribution is -2.44. The topological polar surface area (TPSA) is 66.0 Å². The van der Waals surface area contributed by atoms with Crippen LogP contribution in [0.25, 0.3) is 0 Å². The number of nitrogens with zero attached hydrogens (tertiary/aromatic N) is 3. The minimum atomic E-state index is -0.343. The first-order chi connectivity index (χ1) is 7.26. The smallest absolute Gasteiger partial charge is 0.153 e. The van der Waals surface area contributed by atoms with Gasteiger partial charge in [-0.05, 0) is 19.3 Å². The van der Waals surface area contributed by atoms with Gasteiger partial charge in [-0.15, -0.1) is 10.2 Å². The third kappa shape index (κ3) is 2.03. The lowest BCUT2D eigenvalue weighted by molar-refractivity contribution is 0.0477. The second-order valence-electron chi connectivity index (χ2n) is 4.12. The molecule has 5 nitrogen and oxygen atoms in total. The van der Waals surface area contributed by atoms with Gasteiger partial charge in [0.1, 0.15) is 6.33 Å². The summed E-state index contributed by atoms with van der Waals surface area (Å²) in [5.41, 5.74) is 6.01. The van der Waals surface area contributed by atoms with Crippen LogP contribution in [0.4, 0.5) is 0 Å². The Kier molecular flexibility index (Phi) is 3.02. The molecule has 1 aromatic heterocycles. The van der Waals surface area contributed by atoms with Gasteiger partial charge in [0, 0.05) is 19.8 Å². The Morgan fingerprint density at radius 3 is 2.93 bits per heavy atom. The zero-order valence-corrected chi connectivity index (χ0v) is 9.15. The maximum Gasteiger partial charge on any atom is 0.153 e. The van der Waals surface area contributed by atoms with Gasteiger partial charge in [-0.3, -0.25) is 0 Å². The largest absolute Gasteiger partial charge is 0.381 e. The van der Waals surface area contributed by atoms with Crippen molar-refractivity contribution in [3.8, 4) is 0 Å². The van der Waals surface area contributed by atoms with Crippen LogP contribution < -0.4 is 5.73 Å². The molecule has 0 unspecified atom stereocenters. The van der Waals surface area contributed by atoms with Gasteiger partial charge in [0.15, 0.2) is 5.82 Å². The third-order valence-corrected chi connectivity index (χ3v) is 2.91. The minimum absolute atomic E-state index is 0.343. The normalized spacial score (nSPS) is 20.4. The van der Waals surface area contributed by atoms with Crippen LogP contribution >= 0.6 is 0 Å². The molecule has 0 aromatic carbocycles. The molecule has 0 bridgehead atoms. The van der Waals surface area contributed by atoms with Crippen molar-refractivity contribution in [3.63, 3.8) is 0 Å². The van der Waals surface area contributed by atoms with E-state index in [2.05, 4.69) is 21.7 Å². The molecular formula is C10H18N4O. The summed E-state index contributed by atoms with van der Waals surface area (Å²) in [6, 6.07) is 0. The summed E-state index contributed by atoms with van der Waals surface area (Å²) in [6.45, 7) is 4.50. The monoisotopic (exact) mass is 210 g/mol. The molecule has 1 aliphatic rings. The lowest BCUT2D eigenvalue weighted by Gasteiger charge is -2.32. The van der Waals surface area contributed by atoms with Crippen molar-refractivity contribution in [2.24, 2.45) is 5.73 Å². The zero-order valence-electron chi connectivity index (χ0n) is 9.15. The van der Waals surface area contributed by atoms with Crippen LogP contribution in [0.2, 0.25) is 0 Å². The van der Waals surface area contributed by atoms with Crippen LogP contribution in [0.15, 0.2) is 6.33 Å². The Labute approximate surface area is 89.6 Å². The summed E-state index contributed by atoms with van der Waals surface area (Å²) in [4.78, 5) is 0. The molecule has 1 aliphatic heterocycles. The van der Waals surface area contributed by atoms with Gasteiger partial charge < -0.3 is 15.0 Å². The van der Waals surface area contributed by atoms with Crippen molar-refractivity contribution in [1.29, 1.82) is 0 Å². The highest BCUT2D eigenvalue weighted by Gasteiger charge is 2.34. The maximum absolute atomic E-state index is 6.35. The van der Waals surface area contributed by atoms with E-state index >= 15 is 0 Å². The Balaban J connectivity index is 2.22. The van der Waals surface area contributed by atoms with Crippen LogP contribution in [0.5, 0.6) is 0 Å². The van der Waals surface area contributed by atoms with Crippen molar-refractivity contribution in [2.75, 3.05) is 13.2 Å². The van der Waals surface area contributed by atoms with E-state index in [1.165, 1.54) is 0 Å². The predicted octanol–water partition coefficient (Wildman–Crippen LogP) is 0.652. The number of ether oxygens (including phenoxy) is 1. The van der Waals surface area contributed by atoms with Gasteiger partial charge in [-0.2, -0.15) is 0 Å². The van der Waals surface area contributed by atoms with E-state index in [-0.39, 0.29) is 5.54 Å². The molecule has 84 valence electrons. The fraction of sp³-hybridized carbons (Fsp3) is 0.800. The van der Waals surface area contributed by atoms with Crippen LogP contribution in [0.3, 0.4) is 0 Å². The summed E-state index contributed by atoms with van der Waals surface area (Å²) < 4.78 is 7.39. The second kappa shape index (κ2) is 4.28. The highest BCUT2D eigenvalue weighted by atomic mass is 16.5. The number of aryl methyl sites for hydroxylation is 1. The van der Waals surface area contributed by atoms with Gasteiger partial charge in [0.25, 0.3) is 0 Å². The summed E-state index contributed by atoms with van der Waals surface area (Å²) in [5.74, 6) is 0.910. The van der Waals surface area contributed by atoms with E-state index in [4.69, 9.17) is 10.5 Å². The number of hydrogen-bond donors (Lipinski definition) is 1. The molecule has 1 fully saturated rings. The third-order valence-electron chi connectivity index (χ3n) is 2.91. The molecule has 0 aliphatic carbocycles. The molecule has 2 N–H and O–H groups in total. The fourth-order valence-corrected chi connectivity index (χ4v) is 2.00. The van der Waals surface area contributed by atoms with E-state index in [0.29, 0.717) is 0 Å². The first-order valence-corrected chi connectivity index (χ1v) is 5.51. The first-order valence-electron chi connectivity index (χ1n) is 5.51. The molecule has 2 rings (SSSR count). The second-order valence-corrected chi connectivity index (χ2v) is 4.12. The molecular weight excluding hydrogens is 192 g/mol. The molecule has 0 amide bonds. The van der Waals surface area contributed by atoms with Gasteiger partial charge in [-0.25, -0.2) is 0 Å². The van der Waals surface area contributed by atoms with Crippen molar-refractivity contribution < 1.29 is 4.74 Å². The van der Waals surface area contributed by atoms with E-state index in [1.54, 1.807) is 6.33 Å². The Bertz CT molecular complexity index is 317. The lowest BCUT2D eigenvalue weighted by atomic mass is 9.90. The zero-order chi connectivity index (χ0) is 10.7. The Morgan fingerprint density at radius 2 is 2.27 bits per heavy atom. The predicted molar refractivity (Wildman–Crippen MR) is 56.2 cm³/mol. The average molecular weight is 210 g/mol. The Hall–Kier alpha value is -0.940. The molecule has 5 heteroatoms. The first kappa shape index (κ1) is 10.6. The summed E-state index contributed by atoms with van der Waals surface area (Å²) in [6.07, 6.45) is 4.49. The molecule has 1 aromatic rings. The fourth-order valence-electron chi connectivity index (χ4n) is 2.00. The maximum atomic E-state index is 6.35. The highest BCUT2D eigenvalue weighted by molar-refractivity contribution is 5.06. The van der Waals surface area contributed by atoms with Crippen molar-refractivity contribution in [1.82, 2.24) is 14.8 Å². The van der Waals surface area contributed by atoms with Gasteiger partial charge in [0.2, 0.25) is 0 Å². The number of rotatable bonds is 3. The SMILES string of the molecule is CCCn1cnnc1C1(N)CCOCC1. The van der Waals surface area contributed by atoms with Gasteiger partial charge in [-0.1, -0.05) is 6.92 Å². The number of aromatic nitrogens is 3. The molecule has 0 radical (unpaired) electrons. The quantitative estimate of drug-likeness (QED) is 0.795. The average Bonchev–Trinajstić information content (AvgIpc) is 2.68. The molecule has 15 heavy (non-hydrogen) atoms. The van der Waals surface area contributed by atoms with Crippen molar-refractivity contribution in [2.45, 2.75) is 38.3 Å². The number of hydrogen-bond acceptors (Lipinski definition) is 4. The van der Waals surface area contributed by atoms with Gasteiger partial charge >= 0.3 is 0 Å². The van der Waals surface area contributed by atoms with E-state index in [9.17, 15) is 0 Å². The van der Waals surface area contributed by atoms with E-state index < -0.39 is 0 Å². The molecule has 2 heterocycles. The van der Waals surface area contributed by atoms with Gasteiger partial charge in [0.05, 0.1) is 5.54 Å². The van der Waals surface area contributed by atoms with Crippen molar-refractivity contribution in [3.05, 3.63) is 12.2 Å². The summed E-state index contributed by atoms with van der Waals surface area (Å²) in [5, 5.41) is 8.12. The summed E-state index contributed by atoms with van der Waals surface area (Å²) in [7, 11) is 0. The molecule has 1 saturated heterocycles. The minimum Gasteiger partial charge on any atom is -0.381 e. The molecule has 0 saturated carbocycles. The van der Waals surface area contributed by atoms with Crippen LogP contribution in [-0.4, -0.2) is 28.0 Å². The van der Waals surface area contributed by atoms with Crippen LogP contribution in [0, 0.1) is 0 Å². The molecule has 0 atom stereocenters. The Morgan fingerprint density at radius 1 is 1.53 bits per heavy atom. The number of nitrogens with two attached hydrogens (primary N) is 1. The highest BCUT2D eigenvalue weighted by Crippen LogP contribution is 2.27. The summed E-state index contributed by atoms with van der Waals surface area (Å²) >= 11 is 0. The van der Waals surface area contributed by atoms with Crippen LogP contribution in [-0.2, 0) is 16.8 Å². The molecule has 0 spiro atoms.